The van der Waals surface area contributed by atoms with Gasteiger partial charge in [-0.05, 0) is 65.0 Å². The number of aliphatic imine (C=N–C) groups is 1. The molecule has 0 spiro atoms. The van der Waals surface area contributed by atoms with Crippen LogP contribution in [-0.4, -0.2) is 36.1 Å². The number of hydrogen-bond donors (Lipinski definition) is 2. The molecule has 2 amide bonds. The molecule has 1 atom stereocenters. The summed E-state index contributed by atoms with van der Waals surface area (Å²) in [6.45, 7) is 6.20. The van der Waals surface area contributed by atoms with E-state index in [1.165, 1.54) is 6.20 Å². The monoisotopic (exact) mass is 482 g/mol. The van der Waals surface area contributed by atoms with Gasteiger partial charge in [-0.2, -0.15) is 4.85 Å². The summed E-state index contributed by atoms with van der Waals surface area (Å²) in [5, 5.41) is 5.72. The molecule has 2 fully saturated rings. The summed E-state index contributed by atoms with van der Waals surface area (Å²) >= 11 is 0. The summed E-state index contributed by atoms with van der Waals surface area (Å²) in [5.41, 5.74) is 0.910. The summed E-state index contributed by atoms with van der Waals surface area (Å²) in [6, 6.07) is 9.70. The molecule has 1 saturated carbocycles. The van der Waals surface area contributed by atoms with Crippen molar-refractivity contribution in [3.63, 3.8) is 0 Å². The zero-order valence-corrected chi connectivity index (χ0v) is 20.5. The Bertz CT molecular complexity index is 1090. The number of carbonyl (C=O) groups is 2. The molecule has 1 unspecified atom stereocenters. The Hall–Kier alpha value is -3.41. The average molecular weight is 483 g/mol. The Labute approximate surface area is 205 Å². The van der Waals surface area contributed by atoms with Crippen molar-refractivity contribution in [3.05, 3.63) is 46.7 Å². The lowest BCUT2D eigenvalue weighted by molar-refractivity contribution is -0.117. The third-order valence-corrected chi connectivity index (χ3v) is 6.22. The van der Waals surface area contributed by atoms with Crippen LogP contribution in [0, 0.1) is 12.0 Å². The fourth-order valence-corrected chi connectivity index (χ4v) is 4.51. The molecule has 2 aliphatic heterocycles. The number of halogens is 1. The number of nitrogens with one attached hydrogen (secondary N) is 2. The van der Waals surface area contributed by atoms with Crippen molar-refractivity contribution in [1.29, 1.82) is 0 Å². The van der Waals surface area contributed by atoms with Gasteiger partial charge in [0.2, 0.25) is 5.91 Å². The first kappa shape index (κ1) is 24.7. The summed E-state index contributed by atoms with van der Waals surface area (Å²) in [4.78, 5) is 34.6. The SMILES string of the molecule is CC(C)(C)OC(=O)NC1CCC(C#[N+]C2=NC(c3cccc(N4CCCC4=O)c3)C(F)=CN2)CC1. The number of alkyl carbamates (subject to hydrolysis) is 1. The van der Waals surface area contributed by atoms with Crippen molar-refractivity contribution in [1.82, 2.24) is 10.6 Å². The number of rotatable bonds is 3. The lowest BCUT2D eigenvalue weighted by atomic mass is 9.87. The van der Waals surface area contributed by atoms with Crippen LogP contribution < -0.4 is 15.5 Å². The molecule has 0 aromatic heterocycles. The van der Waals surface area contributed by atoms with Crippen molar-refractivity contribution < 1.29 is 18.7 Å². The molecular formula is C26H33FN5O3+. The van der Waals surface area contributed by atoms with Gasteiger partial charge in [-0.3, -0.25) is 4.79 Å². The third kappa shape index (κ3) is 6.59. The van der Waals surface area contributed by atoms with Gasteiger partial charge in [0, 0.05) is 30.3 Å². The molecule has 9 heteroatoms. The molecule has 2 heterocycles. The number of amides is 2. The maximum absolute atomic E-state index is 14.6. The van der Waals surface area contributed by atoms with Crippen molar-refractivity contribution in [2.75, 3.05) is 11.4 Å². The summed E-state index contributed by atoms with van der Waals surface area (Å²) < 4.78 is 20.0. The van der Waals surface area contributed by atoms with Gasteiger partial charge in [0.1, 0.15) is 11.7 Å². The molecule has 1 aromatic carbocycles. The Morgan fingerprint density at radius 2 is 2.06 bits per heavy atom. The van der Waals surface area contributed by atoms with E-state index >= 15 is 0 Å². The predicted octanol–water partition coefficient (Wildman–Crippen LogP) is 5.04. The molecule has 2 N–H and O–H groups in total. The topological polar surface area (TPSA) is 87.4 Å². The van der Waals surface area contributed by atoms with Crippen LogP contribution in [0.2, 0.25) is 0 Å². The third-order valence-electron chi connectivity index (χ3n) is 6.22. The predicted molar refractivity (Wildman–Crippen MR) is 133 cm³/mol. The fraction of sp³-hybridized carbons (Fsp3) is 0.538. The average Bonchev–Trinajstić information content (AvgIpc) is 3.24. The lowest BCUT2D eigenvalue weighted by Gasteiger charge is -2.27. The molecule has 0 radical (unpaired) electrons. The molecular weight excluding hydrogens is 449 g/mol. The quantitative estimate of drug-likeness (QED) is 0.632. The van der Waals surface area contributed by atoms with Crippen LogP contribution in [0.4, 0.5) is 14.9 Å². The minimum absolute atomic E-state index is 0.0734. The Balaban J connectivity index is 1.36. The number of nitrogens with zero attached hydrogens (tertiary/aromatic N) is 3. The van der Waals surface area contributed by atoms with Crippen molar-refractivity contribution in [2.24, 2.45) is 10.9 Å². The van der Waals surface area contributed by atoms with Crippen LogP contribution in [0.1, 0.15) is 70.9 Å². The highest BCUT2D eigenvalue weighted by Crippen LogP contribution is 2.32. The van der Waals surface area contributed by atoms with Gasteiger partial charge in [-0.1, -0.05) is 17.1 Å². The van der Waals surface area contributed by atoms with Gasteiger partial charge in [0.15, 0.2) is 11.9 Å². The smallest absolute Gasteiger partial charge is 0.444 e. The minimum Gasteiger partial charge on any atom is -0.444 e. The zero-order valence-electron chi connectivity index (χ0n) is 20.5. The Kier molecular flexibility index (Phi) is 7.39. The molecule has 35 heavy (non-hydrogen) atoms. The zero-order chi connectivity index (χ0) is 25.0. The highest BCUT2D eigenvalue weighted by atomic mass is 19.1. The molecule has 1 aliphatic carbocycles. The molecule has 3 aliphatic rings. The Morgan fingerprint density at radius 3 is 2.74 bits per heavy atom. The highest BCUT2D eigenvalue weighted by molar-refractivity contribution is 5.95. The standard InChI is InChI=1S/C26H32FN5O3/c1-26(2,3)35-25(34)30-19-11-9-17(10-12-19)15-28-24-29-16-21(27)23(31-24)18-6-4-7-20(14-18)32-13-5-8-22(32)33/h4,6-7,14,16-17,19,23H,5,8-13H2,1-3H3,(H-,29,30,31,34)/p+1. The maximum Gasteiger partial charge on any atom is 0.489 e. The first-order valence-electron chi connectivity index (χ1n) is 12.2. The Morgan fingerprint density at radius 1 is 1.29 bits per heavy atom. The van der Waals surface area contributed by atoms with Crippen LogP contribution in [0.25, 0.3) is 4.85 Å². The molecule has 8 nitrogen and oxygen atoms in total. The number of hydrogen-bond acceptors (Lipinski definition) is 5. The molecule has 1 aromatic rings. The van der Waals surface area contributed by atoms with Crippen LogP contribution in [0.15, 0.2) is 41.3 Å². The van der Waals surface area contributed by atoms with Crippen LogP contribution >= 0.6 is 0 Å². The van der Waals surface area contributed by atoms with E-state index in [1.54, 1.807) is 11.0 Å². The number of ether oxygens (including phenoxy) is 1. The van der Waals surface area contributed by atoms with Crippen LogP contribution in [0.5, 0.6) is 0 Å². The number of benzene rings is 1. The van der Waals surface area contributed by atoms with E-state index in [4.69, 9.17) is 4.74 Å². The van der Waals surface area contributed by atoms with E-state index in [1.807, 2.05) is 39.0 Å². The normalized spacial score (nSPS) is 24.5. The van der Waals surface area contributed by atoms with E-state index in [0.29, 0.717) is 24.5 Å². The summed E-state index contributed by atoms with van der Waals surface area (Å²) in [7, 11) is 0. The van der Waals surface area contributed by atoms with E-state index in [2.05, 4.69) is 26.5 Å². The fourth-order valence-electron chi connectivity index (χ4n) is 4.51. The molecule has 4 rings (SSSR count). The largest absolute Gasteiger partial charge is 0.489 e. The first-order valence-corrected chi connectivity index (χ1v) is 12.2. The second-order valence-electron chi connectivity index (χ2n) is 10.2. The summed E-state index contributed by atoms with van der Waals surface area (Å²) in [6.07, 6.45) is 5.53. The van der Waals surface area contributed by atoms with Gasteiger partial charge in [-0.25, -0.2) is 14.5 Å². The van der Waals surface area contributed by atoms with Crippen molar-refractivity contribution in [3.8, 4) is 6.07 Å². The summed E-state index contributed by atoms with van der Waals surface area (Å²) in [5.74, 6) is 0.105. The molecule has 0 bridgehead atoms. The highest BCUT2D eigenvalue weighted by Gasteiger charge is 2.30. The van der Waals surface area contributed by atoms with Gasteiger partial charge in [0.25, 0.3) is 0 Å². The first-order chi connectivity index (χ1) is 16.7. The van der Waals surface area contributed by atoms with Crippen LogP contribution in [0.3, 0.4) is 0 Å². The van der Waals surface area contributed by atoms with Gasteiger partial charge >= 0.3 is 12.1 Å². The van der Waals surface area contributed by atoms with Gasteiger partial charge < -0.3 is 15.0 Å². The van der Waals surface area contributed by atoms with Crippen molar-refractivity contribution in [2.45, 2.75) is 77.0 Å². The number of guanidine groups is 1. The second kappa shape index (κ2) is 10.5. The van der Waals surface area contributed by atoms with E-state index in [0.717, 1.165) is 37.8 Å². The van der Waals surface area contributed by atoms with Crippen molar-refractivity contribution >= 4 is 23.6 Å². The van der Waals surface area contributed by atoms with Gasteiger partial charge in [0.05, 0.1) is 12.1 Å². The maximum atomic E-state index is 14.6. The minimum atomic E-state index is -0.816. The number of carbonyl (C=O) groups excluding carboxylic acids is 2. The second-order valence-corrected chi connectivity index (χ2v) is 10.2. The number of anilines is 1. The molecule has 186 valence electrons. The van der Waals surface area contributed by atoms with E-state index in [-0.39, 0.29) is 17.9 Å². The van der Waals surface area contributed by atoms with E-state index < -0.39 is 23.6 Å². The van der Waals surface area contributed by atoms with E-state index in [9.17, 15) is 14.0 Å². The van der Waals surface area contributed by atoms with Gasteiger partial charge in [-0.15, -0.1) is 0 Å². The molecule has 1 saturated heterocycles. The van der Waals surface area contributed by atoms with Crippen LogP contribution in [-0.2, 0) is 9.53 Å². The lowest BCUT2D eigenvalue weighted by Crippen LogP contribution is -2.40.